The number of carbonyl (C=O) groups excluding carboxylic acids is 1. The molecule has 2 aromatic rings. The number of nitrogens with one attached hydrogen (secondary N) is 1. The number of nitrogen functional groups attached to an aromatic ring is 1. The summed E-state index contributed by atoms with van der Waals surface area (Å²) in [5, 5.41) is 2.87. The van der Waals surface area contributed by atoms with E-state index in [4.69, 9.17) is 5.73 Å². The first-order valence-corrected chi connectivity index (χ1v) is 6.61. The maximum atomic E-state index is 11.8. The Morgan fingerprint density at radius 1 is 1.17 bits per heavy atom. The van der Waals surface area contributed by atoms with Crippen LogP contribution in [0.25, 0.3) is 0 Å². The van der Waals surface area contributed by atoms with Gasteiger partial charge in [0.25, 0.3) is 0 Å². The van der Waals surface area contributed by atoms with Crippen LogP contribution in [-0.2, 0) is 11.2 Å². The molecule has 0 spiro atoms. The summed E-state index contributed by atoms with van der Waals surface area (Å²) in [6, 6.07) is 15.0. The lowest BCUT2D eigenvalue weighted by Crippen LogP contribution is -2.14. The zero-order valence-corrected chi connectivity index (χ0v) is 11.8. The Balaban J connectivity index is 1.98. The number of anilines is 2. The summed E-state index contributed by atoms with van der Waals surface area (Å²) < 4.78 is 1.10. The minimum atomic E-state index is -0.0261. The van der Waals surface area contributed by atoms with Gasteiger partial charge < -0.3 is 11.1 Å². The standard InChI is InChI=1S/C14H13IN2O/c15-11-2-1-3-13(9-11)17-14(18)8-10-4-6-12(16)7-5-10/h1-7,9H,8,16H2,(H,17,18). The molecule has 3 nitrogen and oxygen atoms in total. The van der Waals surface area contributed by atoms with E-state index in [1.165, 1.54) is 0 Å². The van der Waals surface area contributed by atoms with E-state index in [9.17, 15) is 4.79 Å². The molecule has 2 aromatic carbocycles. The monoisotopic (exact) mass is 352 g/mol. The minimum absolute atomic E-state index is 0.0261. The molecule has 2 rings (SSSR count). The van der Waals surface area contributed by atoms with Gasteiger partial charge in [0.05, 0.1) is 6.42 Å². The van der Waals surface area contributed by atoms with Crippen molar-refractivity contribution in [2.75, 3.05) is 11.1 Å². The minimum Gasteiger partial charge on any atom is -0.399 e. The maximum Gasteiger partial charge on any atom is 0.228 e. The van der Waals surface area contributed by atoms with E-state index < -0.39 is 0 Å². The van der Waals surface area contributed by atoms with E-state index >= 15 is 0 Å². The van der Waals surface area contributed by atoms with Crippen LogP contribution < -0.4 is 11.1 Å². The molecule has 1 amide bonds. The van der Waals surface area contributed by atoms with E-state index in [-0.39, 0.29) is 5.91 Å². The highest BCUT2D eigenvalue weighted by atomic mass is 127. The molecule has 0 heterocycles. The quantitative estimate of drug-likeness (QED) is 0.659. The lowest BCUT2D eigenvalue weighted by molar-refractivity contribution is -0.115. The highest BCUT2D eigenvalue weighted by Crippen LogP contribution is 2.13. The Bertz CT molecular complexity index is 552. The number of carbonyl (C=O) groups is 1. The van der Waals surface area contributed by atoms with Crippen molar-refractivity contribution in [3.63, 3.8) is 0 Å². The first kappa shape index (κ1) is 12.9. The number of amides is 1. The van der Waals surface area contributed by atoms with Gasteiger partial charge in [0, 0.05) is 14.9 Å². The molecular formula is C14H13IN2O. The molecule has 0 aliphatic heterocycles. The van der Waals surface area contributed by atoms with Crippen molar-refractivity contribution in [1.29, 1.82) is 0 Å². The molecule has 4 heteroatoms. The van der Waals surface area contributed by atoms with Crippen LogP contribution >= 0.6 is 22.6 Å². The second-order valence-electron chi connectivity index (χ2n) is 3.98. The highest BCUT2D eigenvalue weighted by Gasteiger charge is 2.04. The van der Waals surface area contributed by atoms with Gasteiger partial charge in [0.15, 0.2) is 0 Å². The number of benzene rings is 2. The van der Waals surface area contributed by atoms with Crippen molar-refractivity contribution in [2.24, 2.45) is 0 Å². The number of nitrogens with two attached hydrogens (primary N) is 1. The second kappa shape index (κ2) is 5.86. The molecular weight excluding hydrogens is 339 g/mol. The third-order valence-corrected chi connectivity index (χ3v) is 3.12. The lowest BCUT2D eigenvalue weighted by atomic mass is 10.1. The molecule has 0 atom stereocenters. The van der Waals surface area contributed by atoms with Crippen LogP contribution in [0.15, 0.2) is 48.5 Å². The van der Waals surface area contributed by atoms with Crippen molar-refractivity contribution in [1.82, 2.24) is 0 Å². The van der Waals surface area contributed by atoms with Crippen LogP contribution in [-0.4, -0.2) is 5.91 Å². The van der Waals surface area contributed by atoms with Gasteiger partial charge in [-0.1, -0.05) is 18.2 Å². The third-order valence-electron chi connectivity index (χ3n) is 2.45. The summed E-state index contributed by atoms with van der Waals surface area (Å²) in [6.07, 6.45) is 0.353. The topological polar surface area (TPSA) is 55.1 Å². The molecule has 0 aliphatic carbocycles. The zero-order valence-electron chi connectivity index (χ0n) is 9.69. The Morgan fingerprint density at radius 3 is 2.56 bits per heavy atom. The molecule has 0 bridgehead atoms. The fourth-order valence-corrected chi connectivity index (χ4v) is 2.14. The SMILES string of the molecule is Nc1ccc(CC(=O)Nc2cccc(I)c2)cc1. The van der Waals surface area contributed by atoms with Crippen LogP contribution in [0.5, 0.6) is 0 Å². The average molecular weight is 352 g/mol. The molecule has 18 heavy (non-hydrogen) atoms. The predicted octanol–water partition coefficient (Wildman–Crippen LogP) is 3.05. The molecule has 0 fully saturated rings. The maximum absolute atomic E-state index is 11.8. The van der Waals surface area contributed by atoms with Crippen LogP contribution in [0.4, 0.5) is 11.4 Å². The largest absolute Gasteiger partial charge is 0.399 e. The van der Waals surface area contributed by atoms with Gasteiger partial charge in [-0.25, -0.2) is 0 Å². The number of hydrogen-bond acceptors (Lipinski definition) is 2. The smallest absolute Gasteiger partial charge is 0.228 e. The average Bonchev–Trinajstić information content (AvgIpc) is 2.32. The summed E-state index contributed by atoms with van der Waals surface area (Å²) >= 11 is 2.21. The Hall–Kier alpha value is -1.56. The molecule has 0 saturated carbocycles. The van der Waals surface area contributed by atoms with E-state index in [1.54, 1.807) is 12.1 Å². The van der Waals surface area contributed by atoms with Gasteiger partial charge in [0.2, 0.25) is 5.91 Å². The van der Waals surface area contributed by atoms with Crippen molar-refractivity contribution in [2.45, 2.75) is 6.42 Å². The number of hydrogen-bond donors (Lipinski definition) is 2. The van der Waals surface area contributed by atoms with E-state index in [1.807, 2.05) is 36.4 Å². The summed E-state index contributed by atoms with van der Waals surface area (Å²) in [5.41, 5.74) is 8.07. The Labute approximate surface area is 120 Å². The summed E-state index contributed by atoms with van der Waals surface area (Å²) in [6.45, 7) is 0. The van der Waals surface area contributed by atoms with Gasteiger partial charge in [-0.15, -0.1) is 0 Å². The van der Waals surface area contributed by atoms with Gasteiger partial charge >= 0.3 is 0 Å². The van der Waals surface area contributed by atoms with Crippen LogP contribution in [0.2, 0.25) is 0 Å². The summed E-state index contributed by atoms with van der Waals surface area (Å²) in [4.78, 5) is 11.8. The Morgan fingerprint density at radius 2 is 1.89 bits per heavy atom. The molecule has 0 aromatic heterocycles. The molecule has 0 aliphatic rings. The number of halogens is 1. The first-order valence-electron chi connectivity index (χ1n) is 5.53. The predicted molar refractivity (Wildman–Crippen MR) is 82.3 cm³/mol. The molecule has 3 N–H and O–H groups in total. The van der Waals surface area contributed by atoms with Crippen molar-refractivity contribution in [3.05, 3.63) is 57.7 Å². The van der Waals surface area contributed by atoms with E-state index in [0.717, 1.165) is 14.8 Å². The first-order chi connectivity index (χ1) is 8.63. The van der Waals surface area contributed by atoms with Crippen LogP contribution in [0, 0.1) is 3.57 Å². The van der Waals surface area contributed by atoms with Crippen LogP contribution in [0.1, 0.15) is 5.56 Å². The van der Waals surface area contributed by atoms with Gasteiger partial charge in [-0.3, -0.25) is 4.79 Å². The summed E-state index contributed by atoms with van der Waals surface area (Å²) in [7, 11) is 0. The summed E-state index contributed by atoms with van der Waals surface area (Å²) in [5.74, 6) is -0.0261. The fourth-order valence-electron chi connectivity index (χ4n) is 1.59. The molecule has 0 unspecified atom stereocenters. The molecule has 0 saturated heterocycles. The van der Waals surface area contributed by atoms with Gasteiger partial charge in [-0.05, 0) is 58.5 Å². The van der Waals surface area contributed by atoms with E-state index in [0.29, 0.717) is 12.1 Å². The van der Waals surface area contributed by atoms with Gasteiger partial charge in [-0.2, -0.15) is 0 Å². The van der Waals surface area contributed by atoms with Crippen LogP contribution in [0.3, 0.4) is 0 Å². The number of rotatable bonds is 3. The van der Waals surface area contributed by atoms with Gasteiger partial charge in [0.1, 0.15) is 0 Å². The Kier molecular flexibility index (Phi) is 4.19. The normalized spacial score (nSPS) is 10.1. The second-order valence-corrected chi connectivity index (χ2v) is 5.22. The fraction of sp³-hybridized carbons (Fsp3) is 0.0714. The van der Waals surface area contributed by atoms with Crippen molar-refractivity contribution >= 4 is 39.9 Å². The lowest BCUT2D eigenvalue weighted by Gasteiger charge is -2.06. The zero-order chi connectivity index (χ0) is 13.0. The van der Waals surface area contributed by atoms with Crippen molar-refractivity contribution in [3.8, 4) is 0 Å². The van der Waals surface area contributed by atoms with Crippen molar-refractivity contribution < 1.29 is 4.79 Å². The molecule has 92 valence electrons. The third kappa shape index (κ3) is 3.73. The van der Waals surface area contributed by atoms with E-state index in [2.05, 4.69) is 27.9 Å². The highest BCUT2D eigenvalue weighted by molar-refractivity contribution is 14.1. The molecule has 0 radical (unpaired) electrons.